The van der Waals surface area contributed by atoms with Gasteiger partial charge in [0.15, 0.2) is 0 Å². The SMILES string of the molecule is CCCOc1cccc(C2C(C#N)=C(N)Oc3cc(OC(=O)c4sc5cc(Cl)ccc5c4Cl)ccc32)c1. The van der Waals surface area contributed by atoms with Crippen LogP contribution in [0.2, 0.25) is 10.0 Å². The number of benzene rings is 3. The molecule has 2 heterocycles. The van der Waals surface area contributed by atoms with Crippen LogP contribution in [0.4, 0.5) is 0 Å². The van der Waals surface area contributed by atoms with Gasteiger partial charge in [0.25, 0.3) is 0 Å². The summed E-state index contributed by atoms with van der Waals surface area (Å²) in [4.78, 5) is 13.2. The largest absolute Gasteiger partial charge is 0.494 e. The quantitative estimate of drug-likeness (QED) is 0.198. The third-order valence-electron chi connectivity index (χ3n) is 5.84. The molecule has 186 valence electrons. The van der Waals surface area contributed by atoms with Crippen LogP contribution in [0.5, 0.6) is 17.2 Å². The van der Waals surface area contributed by atoms with Crippen molar-refractivity contribution in [3.05, 3.63) is 98.2 Å². The minimum atomic E-state index is -0.600. The van der Waals surface area contributed by atoms with Crippen molar-refractivity contribution in [2.75, 3.05) is 6.61 Å². The molecule has 5 rings (SSSR count). The highest BCUT2D eigenvalue weighted by atomic mass is 35.5. The summed E-state index contributed by atoms with van der Waals surface area (Å²) in [5.41, 5.74) is 7.98. The number of ether oxygens (including phenoxy) is 3. The molecule has 0 radical (unpaired) electrons. The molecule has 0 saturated heterocycles. The van der Waals surface area contributed by atoms with Crippen molar-refractivity contribution < 1.29 is 19.0 Å². The van der Waals surface area contributed by atoms with Gasteiger partial charge in [0.2, 0.25) is 5.88 Å². The lowest BCUT2D eigenvalue weighted by atomic mass is 9.83. The van der Waals surface area contributed by atoms with E-state index in [-0.39, 0.29) is 16.5 Å². The fourth-order valence-corrected chi connectivity index (χ4v) is 5.83. The lowest BCUT2D eigenvalue weighted by Crippen LogP contribution is -2.21. The van der Waals surface area contributed by atoms with Crippen LogP contribution < -0.4 is 19.9 Å². The van der Waals surface area contributed by atoms with E-state index in [0.717, 1.165) is 22.1 Å². The van der Waals surface area contributed by atoms with Gasteiger partial charge in [0, 0.05) is 26.7 Å². The maximum Gasteiger partial charge on any atom is 0.355 e. The van der Waals surface area contributed by atoms with Crippen LogP contribution in [0.15, 0.2) is 72.1 Å². The zero-order valence-electron chi connectivity index (χ0n) is 19.6. The standard InChI is InChI=1S/C28H20Cl2N2O4S/c1-2-10-34-17-5-3-4-15(11-17)24-19-9-7-18(13-22(19)36-27(32)21(24)14-31)35-28(33)26-25(30)20-8-6-16(29)12-23(20)37-26/h3-9,11-13,24H,2,10,32H2,1H3. The van der Waals surface area contributed by atoms with Gasteiger partial charge >= 0.3 is 5.97 Å². The Kier molecular flexibility index (Phi) is 6.98. The first kappa shape index (κ1) is 25.0. The molecule has 0 aliphatic carbocycles. The Morgan fingerprint density at radius 3 is 2.76 bits per heavy atom. The molecular weight excluding hydrogens is 531 g/mol. The number of carbonyl (C=O) groups excluding carboxylic acids is 1. The Bertz CT molecular complexity index is 1610. The van der Waals surface area contributed by atoms with Crippen LogP contribution in [0.25, 0.3) is 10.1 Å². The number of nitrogens with zero attached hydrogens (tertiary/aromatic N) is 1. The second-order valence-corrected chi connectivity index (χ2v) is 10.2. The number of hydrogen-bond acceptors (Lipinski definition) is 7. The summed E-state index contributed by atoms with van der Waals surface area (Å²) in [5.74, 6) is 0.272. The Morgan fingerprint density at radius 2 is 1.97 bits per heavy atom. The third-order valence-corrected chi connectivity index (χ3v) is 7.71. The van der Waals surface area contributed by atoms with Gasteiger partial charge in [0.1, 0.15) is 33.8 Å². The summed E-state index contributed by atoms with van der Waals surface area (Å²) in [7, 11) is 0. The number of nitriles is 1. The molecule has 0 bridgehead atoms. The molecule has 0 amide bonds. The maximum absolute atomic E-state index is 13.0. The van der Waals surface area contributed by atoms with Crippen molar-refractivity contribution in [3.63, 3.8) is 0 Å². The monoisotopic (exact) mass is 550 g/mol. The van der Waals surface area contributed by atoms with Crippen LogP contribution in [-0.2, 0) is 0 Å². The zero-order valence-corrected chi connectivity index (χ0v) is 21.9. The van der Waals surface area contributed by atoms with Crippen LogP contribution in [0, 0.1) is 11.3 Å². The summed E-state index contributed by atoms with van der Waals surface area (Å²) < 4.78 is 18.0. The van der Waals surface area contributed by atoms with Crippen molar-refractivity contribution in [2.45, 2.75) is 19.3 Å². The number of hydrogen-bond donors (Lipinski definition) is 1. The molecule has 1 aliphatic heterocycles. The molecule has 1 atom stereocenters. The van der Waals surface area contributed by atoms with E-state index in [1.54, 1.807) is 36.4 Å². The summed E-state index contributed by atoms with van der Waals surface area (Å²) in [6.45, 7) is 2.62. The Morgan fingerprint density at radius 1 is 1.14 bits per heavy atom. The van der Waals surface area contributed by atoms with Gasteiger partial charge in [0.05, 0.1) is 17.5 Å². The van der Waals surface area contributed by atoms with E-state index in [0.29, 0.717) is 39.3 Å². The highest BCUT2D eigenvalue weighted by molar-refractivity contribution is 7.21. The number of halogens is 2. The maximum atomic E-state index is 13.0. The molecular formula is C28H20Cl2N2O4S. The molecule has 6 nitrogen and oxygen atoms in total. The second kappa shape index (κ2) is 10.3. The zero-order chi connectivity index (χ0) is 26.1. The predicted molar refractivity (Wildman–Crippen MR) is 145 cm³/mol. The molecule has 0 fully saturated rings. The molecule has 9 heteroatoms. The van der Waals surface area contributed by atoms with Gasteiger partial charge in [-0.3, -0.25) is 0 Å². The first-order valence-corrected chi connectivity index (χ1v) is 13.0. The fourth-order valence-electron chi connectivity index (χ4n) is 4.17. The summed E-state index contributed by atoms with van der Waals surface area (Å²) in [6.07, 6.45) is 0.878. The predicted octanol–water partition coefficient (Wildman–Crippen LogP) is 7.43. The average Bonchev–Trinajstić information content (AvgIpc) is 3.22. The van der Waals surface area contributed by atoms with E-state index in [2.05, 4.69) is 6.07 Å². The van der Waals surface area contributed by atoms with Gasteiger partial charge in [-0.05, 0) is 42.3 Å². The van der Waals surface area contributed by atoms with Crippen LogP contribution in [-0.4, -0.2) is 12.6 Å². The summed E-state index contributed by atoms with van der Waals surface area (Å²) >= 11 is 13.7. The van der Waals surface area contributed by atoms with Gasteiger partial charge < -0.3 is 19.9 Å². The van der Waals surface area contributed by atoms with E-state index >= 15 is 0 Å². The van der Waals surface area contributed by atoms with Gasteiger partial charge in [-0.2, -0.15) is 5.26 Å². The van der Waals surface area contributed by atoms with Crippen molar-refractivity contribution in [3.8, 4) is 23.3 Å². The van der Waals surface area contributed by atoms with Gasteiger partial charge in [-0.1, -0.05) is 54.4 Å². The number of carbonyl (C=O) groups is 1. The van der Waals surface area contributed by atoms with Crippen molar-refractivity contribution in [2.24, 2.45) is 5.73 Å². The number of rotatable bonds is 6. The van der Waals surface area contributed by atoms with Crippen molar-refractivity contribution in [1.29, 1.82) is 5.26 Å². The Hall–Kier alpha value is -3.70. The number of nitrogens with two attached hydrogens (primary N) is 1. The topological polar surface area (TPSA) is 94.6 Å². The average molecular weight is 551 g/mol. The summed E-state index contributed by atoms with van der Waals surface area (Å²) in [5, 5.41) is 11.4. The normalized spacial score (nSPS) is 14.6. The van der Waals surface area contributed by atoms with Crippen molar-refractivity contribution in [1.82, 2.24) is 0 Å². The first-order valence-electron chi connectivity index (χ1n) is 11.4. The van der Waals surface area contributed by atoms with E-state index in [4.69, 9.17) is 43.1 Å². The van der Waals surface area contributed by atoms with Crippen molar-refractivity contribution >= 4 is 50.6 Å². The van der Waals surface area contributed by atoms with Crippen LogP contribution >= 0.6 is 34.5 Å². The molecule has 4 aromatic rings. The van der Waals surface area contributed by atoms with E-state index < -0.39 is 11.9 Å². The highest BCUT2D eigenvalue weighted by Gasteiger charge is 2.31. The van der Waals surface area contributed by atoms with E-state index in [9.17, 15) is 10.1 Å². The number of allylic oxidation sites excluding steroid dienone is 1. The van der Waals surface area contributed by atoms with Crippen LogP contribution in [0.3, 0.4) is 0 Å². The van der Waals surface area contributed by atoms with Gasteiger partial charge in [-0.25, -0.2) is 4.79 Å². The Labute approximate surface area is 227 Å². The summed E-state index contributed by atoms with van der Waals surface area (Å²) in [6, 6.07) is 20.0. The molecule has 1 unspecified atom stereocenters. The van der Waals surface area contributed by atoms with Gasteiger partial charge in [-0.15, -0.1) is 11.3 Å². The van der Waals surface area contributed by atoms with E-state index in [1.807, 2.05) is 31.2 Å². The molecule has 37 heavy (non-hydrogen) atoms. The number of fused-ring (bicyclic) bond motifs is 2. The number of thiophene rings is 1. The minimum Gasteiger partial charge on any atom is -0.494 e. The molecule has 0 saturated carbocycles. The molecule has 3 aromatic carbocycles. The smallest absolute Gasteiger partial charge is 0.355 e. The Balaban J connectivity index is 1.47. The lowest BCUT2D eigenvalue weighted by molar-refractivity contribution is 0.0740. The molecule has 2 N–H and O–H groups in total. The molecule has 1 aliphatic rings. The van der Waals surface area contributed by atoms with Crippen LogP contribution in [0.1, 0.15) is 40.1 Å². The fraction of sp³-hybridized carbons (Fsp3) is 0.143. The molecule has 0 spiro atoms. The number of esters is 1. The second-order valence-electron chi connectivity index (χ2n) is 8.32. The van der Waals surface area contributed by atoms with E-state index in [1.165, 1.54) is 11.3 Å². The lowest BCUT2D eigenvalue weighted by Gasteiger charge is -2.27. The molecule has 1 aromatic heterocycles. The third kappa shape index (κ3) is 4.84. The highest BCUT2D eigenvalue weighted by Crippen LogP contribution is 2.44. The first-order chi connectivity index (χ1) is 17.9. The minimum absolute atomic E-state index is 0.00668.